The summed E-state index contributed by atoms with van der Waals surface area (Å²) in [4.78, 5) is 20.9. The Labute approximate surface area is 213 Å². The van der Waals surface area contributed by atoms with Crippen molar-refractivity contribution >= 4 is 24.9 Å². The van der Waals surface area contributed by atoms with Gasteiger partial charge in [-0.05, 0) is 56.8 Å². The highest BCUT2D eigenvalue weighted by Gasteiger charge is 2.21. The topological polar surface area (TPSA) is 201 Å². The third kappa shape index (κ3) is 14.0. The second kappa shape index (κ2) is 20.5. The summed E-state index contributed by atoms with van der Waals surface area (Å²) >= 11 is 0. The fourth-order valence-corrected chi connectivity index (χ4v) is 4.69. The number of hydrazine groups is 2. The molecule has 2 saturated heterocycles. The Hall–Kier alpha value is -2.68. The van der Waals surface area contributed by atoms with Crippen LogP contribution in [-0.4, -0.2) is 97.5 Å². The van der Waals surface area contributed by atoms with E-state index in [4.69, 9.17) is 30.6 Å². The molecule has 0 aromatic carbocycles. The second-order valence-corrected chi connectivity index (χ2v) is 9.02. The molecule has 0 radical (unpaired) electrons. The molecular formula is C22H46N10O4. The van der Waals surface area contributed by atoms with Crippen LogP contribution in [0.15, 0.2) is 0 Å². The Balaban J connectivity index is 0.000000982. The van der Waals surface area contributed by atoms with Gasteiger partial charge in [-0.25, -0.2) is 10.9 Å². The van der Waals surface area contributed by atoms with Crippen molar-refractivity contribution in [3.05, 3.63) is 0 Å². The number of hydrogen-bond acceptors (Lipinski definition) is 8. The highest BCUT2D eigenvalue weighted by molar-refractivity contribution is 5.77. The van der Waals surface area contributed by atoms with E-state index in [1.807, 2.05) is 0 Å². The van der Waals surface area contributed by atoms with Crippen LogP contribution in [0.25, 0.3) is 0 Å². The van der Waals surface area contributed by atoms with Gasteiger partial charge >= 0.3 is 0 Å². The fraction of sp³-hybridized carbons (Fsp3) is 0.818. The summed E-state index contributed by atoms with van der Waals surface area (Å²) in [5.74, 6) is 2.45. The number of likely N-dealkylation sites (tertiary alicyclic amines) is 2. The molecule has 2 atom stereocenters. The Morgan fingerprint density at radius 2 is 1.06 bits per heavy atom. The van der Waals surface area contributed by atoms with Gasteiger partial charge in [-0.1, -0.05) is 6.42 Å². The van der Waals surface area contributed by atoms with E-state index in [1.165, 1.54) is 51.4 Å². The number of hydrogen-bond donors (Lipinski definition) is 10. The normalized spacial score (nSPS) is 20.9. The molecule has 2 heterocycles. The summed E-state index contributed by atoms with van der Waals surface area (Å²) in [5.41, 5.74) is 13.1. The molecule has 1 aliphatic carbocycles. The lowest BCUT2D eigenvalue weighted by atomic mass is 9.81. The van der Waals surface area contributed by atoms with Gasteiger partial charge in [-0.3, -0.25) is 31.3 Å². The molecule has 0 bridgehead atoms. The third-order valence-corrected chi connectivity index (χ3v) is 6.46. The van der Waals surface area contributed by atoms with Crippen molar-refractivity contribution in [1.82, 2.24) is 42.1 Å². The van der Waals surface area contributed by atoms with Crippen molar-refractivity contribution in [2.24, 2.45) is 11.8 Å². The molecule has 0 aromatic heterocycles. The highest BCUT2D eigenvalue weighted by atomic mass is 16.3. The molecule has 14 heteroatoms. The molecular weight excluding hydrogens is 468 g/mol. The zero-order valence-corrected chi connectivity index (χ0v) is 21.2. The first-order chi connectivity index (χ1) is 17.5. The van der Waals surface area contributed by atoms with E-state index in [1.54, 1.807) is 0 Å². The molecule has 10 N–H and O–H groups in total. The van der Waals surface area contributed by atoms with E-state index in [2.05, 4.69) is 42.1 Å². The van der Waals surface area contributed by atoms with Crippen molar-refractivity contribution in [2.45, 2.75) is 51.4 Å². The summed E-state index contributed by atoms with van der Waals surface area (Å²) in [6, 6.07) is 0. The van der Waals surface area contributed by atoms with Crippen LogP contribution in [0.3, 0.4) is 0 Å². The minimum atomic E-state index is -0.250. The average Bonchev–Trinajstić information content (AvgIpc) is 3.60. The second-order valence-electron chi connectivity index (χ2n) is 9.02. The Morgan fingerprint density at radius 1 is 0.694 bits per heavy atom. The zero-order chi connectivity index (χ0) is 26.4. The molecule has 3 rings (SSSR count). The van der Waals surface area contributed by atoms with Crippen molar-refractivity contribution in [1.29, 1.82) is 10.8 Å². The first kappa shape index (κ1) is 31.4. The first-order valence-electron chi connectivity index (χ1n) is 12.8. The average molecular weight is 515 g/mol. The van der Waals surface area contributed by atoms with E-state index >= 15 is 0 Å². The molecule has 1 saturated carbocycles. The van der Waals surface area contributed by atoms with Gasteiger partial charge in [-0.2, -0.15) is 0 Å². The number of guanidine groups is 2. The molecule has 2 aliphatic heterocycles. The van der Waals surface area contributed by atoms with E-state index in [-0.39, 0.29) is 12.9 Å². The summed E-state index contributed by atoms with van der Waals surface area (Å²) in [6.07, 6.45) is 9.87. The first-order valence-corrected chi connectivity index (χ1v) is 12.8. The van der Waals surface area contributed by atoms with Crippen LogP contribution >= 0.6 is 0 Å². The van der Waals surface area contributed by atoms with E-state index < -0.39 is 0 Å². The number of carboxylic acid groups (broad SMARTS) is 2. The molecule has 3 fully saturated rings. The van der Waals surface area contributed by atoms with Crippen LogP contribution < -0.4 is 32.3 Å². The smallest absolute Gasteiger partial charge is 0.290 e. The SMILES string of the molecule is N=C(NCNNCC1CCCC(CNNCNC(=N)N2CCCC2)C1)N1CCCC1.O=CO.O=CO. The van der Waals surface area contributed by atoms with Crippen molar-refractivity contribution in [2.75, 3.05) is 52.6 Å². The van der Waals surface area contributed by atoms with Crippen LogP contribution in [0, 0.1) is 22.7 Å². The van der Waals surface area contributed by atoms with Gasteiger partial charge < -0.3 is 30.6 Å². The Kier molecular flexibility index (Phi) is 17.9. The molecule has 2 unspecified atom stereocenters. The van der Waals surface area contributed by atoms with E-state index in [0.29, 0.717) is 37.1 Å². The Morgan fingerprint density at radius 3 is 1.42 bits per heavy atom. The molecule has 208 valence electrons. The quantitative estimate of drug-likeness (QED) is 0.0449. The Bertz CT molecular complexity index is 566. The van der Waals surface area contributed by atoms with Gasteiger partial charge in [-0.15, -0.1) is 0 Å². The molecule has 36 heavy (non-hydrogen) atoms. The summed E-state index contributed by atoms with van der Waals surface area (Å²) in [7, 11) is 0. The van der Waals surface area contributed by atoms with Crippen LogP contribution in [0.5, 0.6) is 0 Å². The summed E-state index contributed by atoms with van der Waals surface area (Å²) < 4.78 is 0. The van der Waals surface area contributed by atoms with E-state index in [9.17, 15) is 0 Å². The van der Waals surface area contributed by atoms with Gasteiger partial charge in [0.25, 0.3) is 12.9 Å². The predicted octanol–water partition coefficient (Wildman–Crippen LogP) is -0.462. The summed E-state index contributed by atoms with van der Waals surface area (Å²) in [5, 5.41) is 36.1. The van der Waals surface area contributed by atoms with Gasteiger partial charge in [0.1, 0.15) is 0 Å². The van der Waals surface area contributed by atoms with Gasteiger partial charge in [0.15, 0.2) is 11.9 Å². The van der Waals surface area contributed by atoms with Crippen molar-refractivity contribution in [3.63, 3.8) is 0 Å². The van der Waals surface area contributed by atoms with Crippen molar-refractivity contribution in [3.8, 4) is 0 Å². The van der Waals surface area contributed by atoms with Crippen LogP contribution in [0.4, 0.5) is 0 Å². The highest BCUT2D eigenvalue weighted by Crippen LogP contribution is 2.27. The lowest BCUT2D eigenvalue weighted by molar-refractivity contribution is -0.123. The number of nitrogens with zero attached hydrogens (tertiary/aromatic N) is 2. The van der Waals surface area contributed by atoms with Crippen LogP contribution in [0.1, 0.15) is 51.4 Å². The largest absolute Gasteiger partial charge is 0.483 e. The number of nitrogens with one attached hydrogen (secondary N) is 8. The van der Waals surface area contributed by atoms with Crippen LogP contribution in [-0.2, 0) is 9.59 Å². The summed E-state index contributed by atoms with van der Waals surface area (Å²) in [6.45, 7) is 6.61. The molecule has 0 aromatic rings. The lowest BCUT2D eigenvalue weighted by Gasteiger charge is -2.30. The monoisotopic (exact) mass is 514 g/mol. The molecule has 14 nitrogen and oxygen atoms in total. The maximum atomic E-state index is 8.36. The standard InChI is InChI=1S/C20H42N10.2CH2O2/c21-19(29-8-1-2-9-29)23-15-27-25-13-17-6-5-7-18(12-17)14-26-28-16-24-20(22)30-10-3-4-11-30;2*2-1-3/h17-18,25-28H,1-16H2,(H2,21,23)(H2,22,24);2*1H,(H,2,3). The van der Waals surface area contributed by atoms with Crippen molar-refractivity contribution < 1.29 is 19.8 Å². The third-order valence-electron chi connectivity index (χ3n) is 6.46. The maximum Gasteiger partial charge on any atom is 0.290 e. The molecule has 0 amide bonds. The van der Waals surface area contributed by atoms with Gasteiger partial charge in [0.2, 0.25) is 0 Å². The minimum Gasteiger partial charge on any atom is -0.483 e. The molecule has 3 aliphatic rings. The molecule has 0 spiro atoms. The van der Waals surface area contributed by atoms with Gasteiger partial charge in [0.05, 0.1) is 13.3 Å². The zero-order valence-electron chi connectivity index (χ0n) is 21.2. The number of rotatable bonds is 10. The van der Waals surface area contributed by atoms with Crippen LogP contribution in [0.2, 0.25) is 0 Å². The lowest BCUT2D eigenvalue weighted by Crippen LogP contribution is -2.48. The predicted molar refractivity (Wildman–Crippen MR) is 138 cm³/mol. The minimum absolute atomic E-state index is 0.250. The fourth-order valence-electron chi connectivity index (χ4n) is 4.69. The maximum absolute atomic E-state index is 8.36. The van der Waals surface area contributed by atoms with Gasteiger partial charge in [0, 0.05) is 39.3 Å². The van der Waals surface area contributed by atoms with E-state index in [0.717, 1.165) is 39.3 Å². The number of carbonyl (C=O) groups is 2.